The molecule has 0 bridgehead atoms. The van der Waals surface area contributed by atoms with Gasteiger partial charge in [-0.1, -0.05) is 15.9 Å². The standard InChI is InChI=1S/C12H14BrN3O2S/c1-3-16-8-12(14-9(16)2)19(17,18)15-11-6-4-10(13)5-7-11/h4-8,15H,3H2,1-2H3. The Hall–Kier alpha value is -1.34. The Kier molecular flexibility index (Phi) is 3.96. The van der Waals surface area contributed by atoms with Gasteiger partial charge >= 0.3 is 0 Å². The van der Waals surface area contributed by atoms with E-state index in [1.807, 2.05) is 6.92 Å². The summed E-state index contributed by atoms with van der Waals surface area (Å²) < 4.78 is 29.5. The number of hydrogen-bond acceptors (Lipinski definition) is 3. The van der Waals surface area contributed by atoms with E-state index in [0.717, 1.165) is 4.47 Å². The fraction of sp³-hybridized carbons (Fsp3) is 0.250. The topological polar surface area (TPSA) is 64.0 Å². The Balaban J connectivity index is 2.29. The van der Waals surface area contributed by atoms with E-state index in [1.54, 1.807) is 35.8 Å². The van der Waals surface area contributed by atoms with Crippen molar-refractivity contribution in [1.29, 1.82) is 0 Å². The minimum Gasteiger partial charge on any atom is -0.334 e. The van der Waals surface area contributed by atoms with Crippen molar-refractivity contribution in [3.63, 3.8) is 0 Å². The van der Waals surface area contributed by atoms with Crippen LogP contribution in [0.5, 0.6) is 0 Å². The molecular formula is C12H14BrN3O2S. The Morgan fingerprint density at radius 3 is 2.47 bits per heavy atom. The van der Waals surface area contributed by atoms with Crippen LogP contribution in [0, 0.1) is 6.92 Å². The van der Waals surface area contributed by atoms with E-state index in [4.69, 9.17) is 0 Å². The van der Waals surface area contributed by atoms with Crippen LogP contribution in [0.25, 0.3) is 0 Å². The van der Waals surface area contributed by atoms with Gasteiger partial charge in [-0.25, -0.2) is 4.98 Å². The number of sulfonamides is 1. The van der Waals surface area contributed by atoms with Gasteiger partial charge in [-0.2, -0.15) is 8.42 Å². The Bertz CT molecular complexity index is 678. The van der Waals surface area contributed by atoms with E-state index in [2.05, 4.69) is 25.6 Å². The maximum atomic E-state index is 12.2. The second-order valence-corrected chi connectivity index (χ2v) is 6.57. The van der Waals surface area contributed by atoms with E-state index < -0.39 is 10.0 Å². The van der Waals surface area contributed by atoms with Gasteiger partial charge < -0.3 is 4.57 Å². The van der Waals surface area contributed by atoms with Crippen LogP contribution in [-0.4, -0.2) is 18.0 Å². The van der Waals surface area contributed by atoms with E-state index in [0.29, 0.717) is 18.1 Å². The predicted molar refractivity (Wildman–Crippen MR) is 77.6 cm³/mol. The van der Waals surface area contributed by atoms with Crippen LogP contribution in [0.15, 0.2) is 40.0 Å². The smallest absolute Gasteiger partial charge is 0.280 e. The number of hydrogen-bond donors (Lipinski definition) is 1. The van der Waals surface area contributed by atoms with Gasteiger partial charge in [0.05, 0.1) is 0 Å². The van der Waals surface area contributed by atoms with Crippen LogP contribution < -0.4 is 4.72 Å². The molecule has 1 aromatic carbocycles. The van der Waals surface area contributed by atoms with E-state index >= 15 is 0 Å². The number of nitrogens with one attached hydrogen (secondary N) is 1. The zero-order valence-corrected chi connectivity index (χ0v) is 13.0. The fourth-order valence-corrected chi connectivity index (χ4v) is 2.99. The highest BCUT2D eigenvalue weighted by molar-refractivity contribution is 9.10. The van der Waals surface area contributed by atoms with Gasteiger partial charge in [0.1, 0.15) is 5.82 Å². The number of imidazole rings is 1. The number of halogens is 1. The molecule has 7 heteroatoms. The lowest BCUT2D eigenvalue weighted by Crippen LogP contribution is -2.13. The lowest BCUT2D eigenvalue weighted by atomic mass is 10.3. The normalized spacial score (nSPS) is 11.5. The van der Waals surface area contributed by atoms with Crippen molar-refractivity contribution in [3.05, 3.63) is 40.8 Å². The Morgan fingerprint density at radius 2 is 1.95 bits per heavy atom. The summed E-state index contributed by atoms with van der Waals surface area (Å²) >= 11 is 3.30. The molecule has 2 rings (SSSR count). The van der Waals surface area contributed by atoms with Crippen molar-refractivity contribution >= 4 is 31.6 Å². The number of anilines is 1. The van der Waals surface area contributed by atoms with Crippen molar-refractivity contribution in [1.82, 2.24) is 9.55 Å². The van der Waals surface area contributed by atoms with Crippen molar-refractivity contribution in [3.8, 4) is 0 Å². The minimum atomic E-state index is -3.64. The average molecular weight is 344 g/mol. The number of aryl methyl sites for hydroxylation is 2. The molecule has 0 aliphatic heterocycles. The minimum absolute atomic E-state index is 0.0368. The van der Waals surface area contributed by atoms with Crippen LogP contribution in [0.1, 0.15) is 12.7 Å². The molecule has 0 aliphatic rings. The third kappa shape index (κ3) is 3.16. The number of aromatic nitrogens is 2. The molecule has 0 saturated carbocycles. The first-order valence-electron chi connectivity index (χ1n) is 5.74. The monoisotopic (exact) mass is 343 g/mol. The van der Waals surface area contributed by atoms with Gasteiger partial charge in [0, 0.05) is 22.9 Å². The predicted octanol–water partition coefficient (Wildman–Crippen LogP) is 2.77. The molecule has 5 nitrogen and oxygen atoms in total. The van der Waals surface area contributed by atoms with Crippen LogP contribution in [0.4, 0.5) is 5.69 Å². The summed E-state index contributed by atoms with van der Waals surface area (Å²) in [5.41, 5.74) is 0.506. The van der Waals surface area contributed by atoms with Crippen LogP contribution in [0.2, 0.25) is 0 Å². The molecule has 1 aromatic heterocycles. The first-order chi connectivity index (χ1) is 8.92. The zero-order valence-electron chi connectivity index (χ0n) is 10.6. The Morgan fingerprint density at radius 1 is 1.32 bits per heavy atom. The maximum absolute atomic E-state index is 12.2. The van der Waals surface area contributed by atoms with Crippen LogP contribution in [0.3, 0.4) is 0 Å². The molecule has 0 atom stereocenters. The van der Waals surface area contributed by atoms with Crippen molar-refractivity contribution in [2.75, 3.05) is 4.72 Å². The SMILES string of the molecule is CCn1cc(S(=O)(=O)Nc2ccc(Br)cc2)nc1C. The van der Waals surface area contributed by atoms with Gasteiger partial charge in [0.15, 0.2) is 5.03 Å². The fourth-order valence-electron chi connectivity index (χ4n) is 1.65. The van der Waals surface area contributed by atoms with Crippen molar-refractivity contribution in [2.45, 2.75) is 25.4 Å². The van der Waals surface area contributed by atoms with E-state index in [9.17, 15) is 8.42 Å². The third-order valence-corrected chi connectivity index (χ3v) is 4.45. The number of nitrogens with zero attached hydrogens (tertiary/aromatic N) is 2. The molecule has 0 unspecified atom stereocenters. The zero-order chi connectivity index (χ0) is 14.0. The maximum Gasteiger partial charge on any atom is 0.280 e. The van der Waals surface area contributed by atoms with Gasteiger partial charge in [-0.3, -0.25) is 4.72 Å². The molecule has 102 valence electrons. The number of rotatable bonds is 4. The summed E-state index contributed by atoms with van der Waals surface area (Å²) in [5, 5.41) is 0.0368. The molecule has 0 radical (unpaired) electrons. The summed E-state index contributed by atoms with van der Waals surface area (Å²) in [6, 6.07) is 6.91. The molecule has 2 aromatic rings. The second kappa shape index (κ2) is 5.34. The first-order valence-corrected chi connectivity index (χ1v) is 8.02. The summed E-state index contributed by atoms with van der Waals surface area (Å²) in [5.74, 6) is 0.679. The first kappa shape index (κ1) is 14.1. The van der Waals surface area contributed by atoms with Gasteiger partial charge in [-0.15, -0.1) is 0 Å². The third-order valence-electron chi connectivity index (χ3n) is 2.67. The highest BCUT2D eigenvalue weighted by Gasteiger charge is 2.18. The molecule has 0 aliphatic carbocycles. The molecule has 19 heavy (non-hydrogen) atoms. The summed E-state index contributed by atoms with van der Waals surface area (Å²) in [7, 11) is -3.64. The van der Waals surface area contributed by atoms with Crippen LogP contribution in [-0.2, 0) is 16.6 Å². The molecule has 0 saturated heterocycles. The summed E-state index contributed by atoms with van der Waals surface area (Å²) in [4.78, 5) is 4.07. The number of benzene rings is 1. The average Bonchev–Trinajstić information content (AvgIpc) is 2.74. The summed E-state index contributed by atoms with van der Waals surface area (Å²) in [6.07, 6.45) is 1.54. The van der Waals surface area contributed by atoms with E-state index in [1.165, 1.54) is 6.20 Å². The van der Waals surface area contributed by atoms with Crippen LogP contribution >= 0.6 is 15.9 Å². The van der Waals surface area contributed by atoms with Crippen molar-refractivity contribution < 1.29 is 8.42 Å². The summed E-state index contributed by atoms with van der Waals surface area (Å²) in [6.45, 7) is 4.40. The van der Waals surface area contributed by atoms with Gasteiger partial charge in [-0.05, 0) is 38.1 Å². The molecular weight excluding hydrogens is 330 g/mol. The molecule has 0 amide bonds. The molecule has 0 spiro atoms. The molecule has 0 fully saturated rings. The lowest BCUT2D eigenvalue weighted by Gasteiger charge is -2.05. The lowest BCUT2D eigenvalue weighted by molar-refractivity contribution is 0.598. The largest absolute Gasteiger partial charge is 0.334 e. The highest BCUT2D eigenvalue weighted by Crippen LogP contribution is 2.18. The Labute approximate surface area is 120 Å². The molecule has 1 heterocycles. The van der Waals surface area contributed by atoms with E-state index in [-0.39, 0.29) is 5.03 Å². The second-order valence-electron chi connectivity index (χ2n) is 4.02. The van der Waals surface area contributed by atoms with Crippen molar-refractivity contribution in [2.24, 2.45) is 0 Å². The molecule has 1 N–H and O–H groups in total. The highest BCUT2D eigenvalue weighted by atomic mass is 79.9. The quantitative estimate of drug-likeness (QED) is 0.928. The van der Waals surface area contributed by atoms with Gasteiger partial charge in [0.25, 0.3) is 10.0 Å². The van der Waals surface area contributed by atoms with Gasteiger partial charge in [0.2, 0.25) is 0 Å².